The lowest BCUT2D eigenvalue weighted by molar-refractivity contribution is 0.439. The maximum absolute atomic E-state index is 10.4. The number of hydrogen-bond acceptors (Lipinski definition) is 6. The Kier molecular flexibility index (Phi) is 4.53. The summed E-state index contributed by atoms with van der Waals surface area (Å²) in [7, 11) is 2.01. The summed E-state index contributed by atoms with van der Waals surface area (Å²) in [5.74, 6) is 0.774. The number of phenols is 1. The summed E-state index contributed by atoms with van der Waals surface area (Å²) in [6, 6.07) is 9.80. The molecule has 1 fully saturated rings. The molecule has 0 saturated carbocycles. The van der Waals surface area contributed by atoms with Crippen molar-refractivity contribution in [3.63, 3.8) is 0 Å². The maximum Gasteiger partial charge on any atom is 0.245 e. The van der Waals surface area contributed by atoms with Gasteiger partial charge in [-0.25, -0.2) is 4.98 Å². The van der Waals surface area contributed by atoms with E-state index >= 15 is 0 Å². The van der Waals surface area contributed by atoms with Crippen LogP contribution in [0.1, 0.15) is 12.8 Å². The molecule has 0 atom stereocenters. The topological polar surface area (TPSA) is 79.1 Å². The minimum Gasteiger partial charge on any atom is -0.507 e. The Morgan fingerprint density at radius 1 is 1.15 bits per heavy atom. The Morgan fingerprint density at radius 3 is 2.58 bits per heavy atom. The highest BCUT2D eigenvalue weighted by molar-refractivity contribution is 5.68. The molecular weight excluding hydrogens is 328 g/mol. The summed E-state index contributed by atoms with van der Waals surface area (Å²) in [6.07, 6.45) is 7.68. The summed E-state index contributed by atoms with van der Waals surface area (Å²) in [5, 5.41) is 22.3. The first kappa shape index (κ1) is 16.5. The van der Waals surface area contributed by atoms with Gasteiger partial charge in [0.2, 0.25) is 5.95 Å². The number of nitrogens with one attached hydrogen (secondary N) is 1. The molecule has 4 rings (SSSR count). The summed E-state index contributed by atoms with van der Waals surface area (Å²) < 4.78 is 1.94. The normalized spacial score (nSPS) is 15.1. The van der Waals surface area contributed by atoms with Gasteiger partial charge in [0.1, 0.15) is 11.4 Å². The molecule has 0 bridgehead atoms. The molecule has 1 aliphatic rings. The Hall–Kier alpha value is -2.93. The van der Waals surface area contributed by atoms with Crippen LogP contribution in [-0.2, 0) is 0 Å². The molecule has 2 aromatic heterocycles. The van der Waals surface area contributed by atoms with E-state index in [9.17, 15) is 5.11 Å². The number of anilines is 1. The SMILES string of the molecule is CN(c1ncc(-c2ccc(-n3cccc3)cc2O)nn1)C1CCNCC1. The van der Waals surface area contributed by atoms with Gasteiger partial charge in [-0.1, -0.05) is 0 Å². The summed E-state index contributed by atoms with van der Waals surface area (Å²) >= 11 is 0. The zero-order valence-corrected chi connectivity index (χ0v) is 14.7. The van der Waals surface area contributed by atoms with E-state index in [4.69, 9.17) is 0 Å². The number of phenolic OH excluding ortho intramolecular Hbond substituents is 1. The first-order chi connectivity index (χ1) is 12.7. The molecule has 3 heterocycles. The van der Waals surface area contributed by atoms with Crippen LogP contribution in [0.25, 0.3) is 16.9 Å². The van der Waals surface area contributed by atoms with E-state index in [2.05, 4.69) is 25.4 Å². The van der Waals surface area contributed by atoms with Gasteiger partial charge in [0.25, 0.3) is 0 Å². The molecule has 0 unspecified atom stereocenters. The first-order valence-electron chi connectivity index (χ1n) is 8.82. The zero-order valence-electron chi connectivity index (χ0n) is 14.7. The van der Waals surface area contributed by atoms with Gasteiger partial charge in [-0.3, -0.25) is 0 Å². The zero-order chi connectivity index (χ0) is 17.9. The molecule has 7 heteroatoms. The molecule has 0 amide bonds. The Morgan fingerprint density at radius 2 is 1.92 bits per heavy atom. The molecule has 7 nitrogen and oxygen atoms in total. The minimum absolute atomic E-state index is 0.159. The standard InChI is InChI=1S/C19H22N6O/c1-24(14-6-8-20-9-7-14)19-21-13-17(22-23-19)16-5-4-15(12-18(16)26)25-10-2-3-11-25/h2-5,10-14,20,26H,6-9H2,1H3. The predicted molar refractivity (Wildman–Crippen MR) is 101 cm³/mol. The first-order valence-corrected chi connectivity index (χ1v) is 8.82. The molecule has 0 aliphatic carbocycles. The lowest BCUT2D eigenvalue weighted by Gasteiger charge is -2.31. The van der Waals surface area contributed by atoms with Crippen molar-refractivity contribution in [3.05, 3.63) is 48.9 Å². The fourth-order valence-electron chi connectivity index (χ4n) is 3.32. The predicted octanol–water partition coefficient (Wildman–Crippen LogP) is 2.22. The highest BCUT2D eigenvalue weighted by Crippen LogP contribution is 2.29. The van der Waals surface area contributed by atoms with Gasteiger partial charge in [0.15, 0.2) is 0 Å². The van der Waals surface area contributed by atoms with Gasteiger partial charge < -0.3 is 19.9 Å². The van der Waals surface area contributed by atoms with Gasteiger partial charge in [-0.2, -0.15) is 0 Å². The molecule has 1 aromatic carbocycles. The number of hydrogen-bond donors (Lipinski definition) is 2. The third kappa shape index (κ3) is 3.25. The van der Waals surface area contributed by atoms with Crippen molar-refractivity contribution in [1.29, 1.82) is 0 Å². The van der Waals surface area contributed by atoms with Crippen molar-refractivity contribution in [2.24, 2.45) is 0 Å². The Balaban J connectivity index is 1.55. The van der Waals surface area contributed by atoms with Gasteiger partial charge in [-0.15, -0.1) is 10.2 Å². The van der Waals surface area contributed by atoms with Crippen LogP contribution in [0.2, 0.25) is 0 Å². The molecule has 2 N–H and O–H groups in total. The number of nitrogens with zero attached hydrogens (tertiary/aromatic N) is 5. The summed E-state index contributed by atoms with van der Waals surface area (Å²) in [5.41, 5.74) is 2.07. The van der Waals surface area contributed by atoms with Crippen LogP contribution in [0.4, 0.5) is 5.95 Å². The van der Waals surface area contributed by atoms with Crippen molar-refractivity contribution >= 4 is 5.95 Å². The fraction of sp³-hybridized carbons (Fsp3) is 0.316. The van der Waals surface area contributed by atoms with E-state index in [-0.39, 0.29) is 5.75 Å². The average molecular weight is 350 g/mol. The summed E-state index contributed by atoms with van der Waals surface area (Å²) in [6.45, 7) is 2.03. The molecule has 134 valence electrons. The van der Waals surface area contributed by atoms with Crippen molar-refractivity contribution in [3.8, 4) is 22.7 Å². The molecule has 3 aromatic rings. The monoisotopic (exact) mass is 350 g/mol. The number of rotatable bonds is 4. The van der Waals surface area contributed by atoms with Crippen LogP contribution in [0, 0.1) is 0 Å². The number of benzene rings is 1. The van der Waals surface area contributed by atoms with Crippen LogP contribution in [0.5, 0.6) is 5.75 Å². The molecular formula is C19H22N6O. The van der Waals surface area contributed by atoms with Crippen molar-refractivity contribution < 1.29 is 5.11 Å². The lowest BCUT2D eigenvalue weighted by atomic mass is 10.1. The number of piperidine rings is 1. The van der Waals surface area contributed by atoms with E-state index in [1.54, 1.807) is 12.3 Å². The minimum atomic E-state index is 0.159. The number of aromatic nitrogens is 4. The largest absolute Gasteiger partial charge is 0.507 e. The van der Waals surface area contributed by atoms with Gasteiger partial charge in [0, 0.05) is 42.8 Å². The van der Waals surface area contributed by atoms with E-state index in [0.717, 1.165) is 31.6 Å². The average Bonchev–Trinajstić information content (AvgIpc) is 3.23. The second-order valence-corrected chi connectivity index (χ2v) is 6.53. The van der Waals surface area contributed by atoms with Crippen molar-refractivity contribution in [2.45, 2.75) is 18.9 Å². The van der Waals surface area contributed by atoms with Crippen molar-refractivity contribution in [1.82, 2.24) is 25.1 Å². The molecule has 0 spiro atoms. The van der Waals surface area contributed by atoms with Gasteiger partial charge >= 0.3 is 0 Å². The van der Waals surface area contributed by atoms with E-state index < -0.39 is 0 Å². The van der Waals surface area contributed by atoms with E-state index in [1.165, 1.54) is 0 Å². The van der Waals surface area contributed by atoms with Crippen LogP contribution in [-0.4, -0.2) is 51.0 Å². The number of aromatic hydroxyl groups is 1. The maximum atomic E-state index is 10.4. The molecule has 1 saturated heterocycles. The van der Waals surface area contributed by atoms with Gasteiger partial charge in [-0.05, 0) is 50.2 Å². The van der Waals surface area contributed by atoms with E-state index in [1.807, 2.05) is 48.3 Å². The third-order valence-electron chi connectivity index (χ3n) is 4.88. The Bertz CT molecular complexity index is 856. The van der Waals surface area contributed by atoms with E-state index in [0.29, 0.717) is 23.2 Å². The van der Waals surface area contributed by atoms with Crippen LogP contribution in [0.15, 0.2) is 48.9 Å². The quantitative estimate of drug-likeness (QED) is 0.751. The van der Waals surface area contributed by atoms with Crippen LogP contribution < -0.4 is 10.2 Å². The van der Waals surface area contributed by atoms with Crippen LogP contribution in [0.3, 0.4) is 0 Å². The highest BCUT2D eigenvalue weighted by Gasteiger charge is 2.20. The molecule has 0 radical (unpaired) electrons. The smallest absolute Gasteiger partial charge is 0.245 e. The van der Waals surface area contributed by atoms with Gasteiger partial charge in [0.05, 0.1) is 6.20 Å². The summed E-state index contributed by atoms with van der Waals surface area (Å²) in [4.78, 5) is 6.55. The van der Waals surface area contributed by atoms with Crippen LogP contribution >= 0.6 is 0 Å². The molecule has 1 aliphatic heterocycles. The fourth-order valence-corrected chi connectivity index (χ4v) is 3.32. The molecule has 26 heavy (non-hydrogen) atoms. The second-order valence-electron chi connectivity index (χ2n) is 6.53. The second kappa shape index (κ2) is 7.13. The Labute approximate surface area is 152 Å². The third-order valence-corrected chi connectivity index (χ3v) is 4.88. The lowest BCUT2D eigenvalue weighted by Crippen LogP contribution is -2.41. The highest BCUT2D eigenvalue weighted by atomic mass is 16.3. The van der Waals surface area contributed by atoms with Crippen molar-refractivity contribution in [2.75, 3.05) is 25.0 Å².